The van der Waals surface area contributed by atoms with Crippen LogP contribution in [0.1, 0.15) is 31.4 Å². The van der Waals surface area contributed by atoms with Crippen molar-refractivity contribution in [2.24, 2.45) is 0 Å². The van der Waals surface area contributed by atoms with E-state index in [1.54, 1.807) is 0 Å². The minimum atomic E-state index is 0.681. The van der Waals surface area contributed by atoms with Gasteiger partial charge in [0.2, 0.25) is 0 Å². The van der Waals surface area contributed by atoms with Crippen LogP contribution in [0.3, 0.4) is 0 Å². The minimum Gasteiger partial charge on any atom is -0.262 e. The SMILES string of the molecule is CCc1cccc2cnn(C3CC3)c12. The van der Waals surface area contributed by atoms with Gasteiger partial charge in [-0.05, 0) is 24.8 Å². The van der Waals surface area contributed by atoms with E-state index in [0.717, 1.165) is 6.42 Å². The summed E-state index contributed by atoms with van der Waals surface area (Å²) in [6.07, 6.45) is 5.69. The van der Waals surface area contributed by atoms with Crippen LogP contribution in [0, 0.1) is 0 Å². The smallest absolute Gasteiger partial charge is 0.0717 e. The van der Waals surface area contributed by atoms with Crippen molar-refractivity contribution in [2.75, 3.05) is 0 Å². The number of hydrogen-bond acceptors (Lipinski definition) is 1. The molecule has 0 atom stereocenters. The van der Waals surface area contributed by atoms with Crippen LogP contribution in [0.5, 0.6) is 0 Å². The third-order valence-corrected chi connectivity index (χ3v) is 2.97. The predicted octanol–water partition coefficient (Wildman–Crippen LogP) is 2.93. The van der Waals surface area contributed by atoms with Crippen molar-refractivity contribution in [3.05, 3.63) is 30.0 Å². The molecule has 1 aromatic heterocycles. The number of aryl methyl sites for hydroxylation is 1. The monoisotopic (exact) mass is 186 g/mol. The van der Waals surface area contributed by atoms with Crippen molar-refractivity contribution in [1.82, 2.24) is 9.78 Å². The molecule has 2 nitrogen and oxygen atoms in total. The van der Waals surface area contributed by atoms with Gasteiger partial charge in [-0.15, -0.1) is 0 Å². The fourth-order valence-electron chi connectivity index (χ4n) is 2.06. The summed E-state index contributed by atoms with van der Waals surface area (Å²) >= 11 is 0. The maximum atomic E-state index is 4.48. The third kappa shape index (κ3) is 1.07. The van der Waals surface area contributed by atoms with E-state index in [1.807, 2.05) is 6.20 Å². The Morgan fingerprint density at radius 3 is 3.00 bits per heavy atom. The van der Waals surface area contributed by atoms with E-state index < -0.39 is 0 Å². The maximum absolute atomic E-state index is 4.48. The zero-order valence-corrected chi connectivity index (χ0v) is 8.40. The second-order valence-corrected chi connectivity index (χ2v) is 4.03. The van der Waals surface area contributed by atoms with Crippen LogP contribution in [-0.2, 0) is 6.42 Å². The van der Waals surface area contributed by atoms with Gasteiger partial charge in [0.25, 0.3) is 0 Å². The van der Waals surface area contributed by atoms with Crippen LogP contribution >= 0.6 is 0 Å². The Bertz CT molecular complexity index is 466. The van der Waals surface area contributed by atoms with Crippen LogP contribution < -0.4 is 0 Å². The quantitative estimate of drug-likeness (QED) is 0.705. The fraction of sp³-hybridized carbons (Fsp3) is 0.417. The molecule has 1 aromatic carbocycles. The summed E-state index contributed by atoms with van der Waals surface area (Å²) in [6, 6.07) is 7.17. The standard InChI is InChI=1S/C12H14N2/c1-2-9-4-3-5-10-8-13-14(12(9)10)11-6-7-11/h3-5,8,11H,2,6-7H2,1H3. The lowest BCUT2D eigenvalue weighted by molar-refractivity contribution is 0.663. The van der Waals surface area contributed by atoms with E-state index in [1.165, 1.54) is 29.3 Å². The number of fused-ring (bicyclic) bond motifs is 1. The molecule has 0 bridgehead atoms. The van der Waals surface area contributed by atoms with Gasteiger partial charge in [-0.2, -0.15) is 5.10 Å². The summed E-state index contributed by atoms with van der Waals surface area (Å²) in [5.74, 6) is 0. The molecular formula is C12H14N2. The van der Waals surface area contributed by atoms with Gasteiger partial charge in [-0.3, -0.25) is 4.68 Å². The van der Waals surface area contributed by atoms with Gasteiger partial charge in [0, 0.05) is 5.39 Å². The molecular weight excluding hydrogens is 172 g/mol. The zero-order valence-electron chi connectivity index (χ0n) is 8.40. The highest BCUT2D eigenvalue weighted by Gasteiger charge is 2.26. The summed E-state index contributed by atoms with van der Waals surface area (Å²) in [6.45, 7) is 2.21. The Balaban J connectivity index is 2.29. The van der Waals surface area contributed by atoms with E-state index in [0.29, 0.717) is 6.04 Å². The average Bonchev–Trinajstić information content (AvgIpc) is 2.97. The number of para-hydroxylation sites is 1. The molecule has 0 spiro atoms. The highest BCUT2D eigenvalue weighted by atomic mass is 15.3. The normalized spacial score (nSPS) is 16.4. The van der Waals surface area contributed by atoms with Crippen molar-refractivity contribution in [1.29, 1.82) is 0 Å². The Kier molecular flexibility index (Phi) is 1.63. The largest absolute Gasteiger partial charge is 0.262 e. The first-order valence-corrected chi connectivity index (χ1v) is 5.35. The van der Waals surface area contributed by atoms with Gasteiger partial charge in [-0.1, -0.05) is 25.1 Å². The lowest BCUT2D eigenvalue weighted by Gasteiger charge is -2.04. The predicted molar refractivity (Wildman–Crippen MR) is 57.4 cm³/mol. The number of hydrogen-bond donors (Lipinski definition) is 0. The van der Waals surface area contributed by atoms with Crippen LogP contribution in [-0.4, -0.2) is 9.78 Å². The molecule has 72 valence electrons. The first-order chi connectivity index (χ1) is 6.90. The van der Waals surface area contributed by atoms with Crippen molar-refractivity contribution in [3.8, 4) is 0 Å². The number of benzene rings is 1. The van der Waals surface area contributed by atoms with Crippen LogP contribution in [0.15, 0.2) is 24.4 Å². The van der Waals surface area contributed by atoms with Gasteiger partial charge < -0.3 is 0 Å². The third-order valence-electron chi connectivity index (χ3n) is 2.97. The summed E-state index contributed by atoms with van der Waals surface area (Å²) in [5.41, 5.74) is 2.78. The lowest BCUT2D eigenvalue weighted by Crippen LogP contribution is -1.97. The summed E-state index contributed by atoms with van der Waals surface area (Å²) in [7, 11) is 0. The van der Waals surface area contributed by atoms with Crippen LogP contribution in [0.2, 0.25) is 0 Å². The number of rotatable bonds is 2. The van der Waals surface area contributed by atoms with Gasteiger partial charge in [0.15, 0.2) is 0 Å². The Morgan fingerprint density at radius 1 is 1.43 bits per heavy atom. The molecule has 14 heavy (non-hydrogen) atoms. The Labute approximate surface area is 83.5 Å². The highest BCUT2D eigenvalue weighted by molar-refractivity contribution is 5.82. The molecule has 0 unspecified atom stereocenters. The van der Waals surface area contributed by atoms with E-state index in [4.69, 9.17) is 0 Å². The molecule has 1 aliphatic carbocycles. The topological polar surface area (TPSA) is 17.8 Å². The van der Waals surface area contributed by atoms with Crippen LogP contribution in [0.25, 0.3) is 10.9 Å². The maximum Gasteiger partial charge on any atom is 0.0717 e. The summed E-state index contributed by atoms with van der Waals surface area (Å²) < 4.78 is 2.22. The van der Waals surface area contributed by atoms with Crippen LogP contribution in [0.4, 0.5) is 0 Å². The Hall–Kier alpha value is -1.31. The molecule has 0 N–H and O–H groups in total. The highest BCUT2D eigenvalue weighted by Crippen LogP contribution is 2.37. The second kappa shape index (κ2) is 2.84. The van der Waals surface area contributed by atoms with E-state index >= 15 is 0 Å². The molecule has 0 saturated heterocycles. The average molecular weight is 186 g/mol. The van der Waals surface area contributed by atoms with Crippen molar-refractivity contribution in [3.63, 3.8) is 0 Å². The van der Waals surface area contributed by atoms with E-state index in [-0.39, 0.29) is 0 Å². The molecule has 3 rings (SSSR count). The molecule has 0 amide bonds. The molecule has 1 heterocycles. The van der Waals surface area contributed by atoms with Crippen molar-refractivity contribution in [2.45, 2.75) is 32.2 Å². The molecule has 1 aliphatic rings. The first kappa shape index (κ1) is 8.04. The van der Waals surface area contributed by atoms with E-state index in [2.05, 4.69) is 34.9 Å². The molecule has 2 heteroatoms. The molecule has 2 aromatic rings. The van der Waals surface area contributed by atoms with Gasteiger partial charge >= 0.3 is 0 Å². The molecule has 1 saturated carbocycles. The van der Waals surface area contributed by atoms with Gasteiger partial charge in [0.1, 0.15) is 0 Å². The van der Waals surface area contributed by atoms with Crippen molar-refractivity contribution < 1.29 is 0 Å². The number of aromatic nitrogens is 2. The van der Waals surface area contributed by atoms with Gasteiger partial charge in [0.05, 0.1) is 17.8 Å². The lowest BCUT2D eigenvalue weighted by atomic mass is 10.1. The fourth-order valence-corrected chi connectivity index (χ4v) is 2.06. The summed E-state index contributed by atoms with van der Waals surface area (Å²) in [5, 5.41) is 5.77. The van der Waals surface area contributed by atoms with Gasteiger partial charge in [-0.25, -0.2) is 0 Å². The Morgan fingerprint density at radius 2 is 2.29 bits per heavy atom. The van der Waals surface area contributed by atoms with Crippen molar-refractivity contribution >= 4 is 10.9 Å². The zero-order chi connectivity index (χ0) is 9.54. The molecule has 0 aliphatic heterocycles. The number of nitrogens with zero attached hydrogens (tertiary/aromatic N) is 2. The summed E-state index contributed by atoms with van der Waals surface area (Å²) in [4.78, 5) is 0. The minimum absolute atomic E-state index is 0.681. The van der Waals surface area contributed by atoms with E-state index in [9.17, 15) is 0 Å². The molecule has 1 fully saturated rings. The second-order valence-electron chi connectivity index (χ2n) is 4.03. The molecule has 0 radical (unpaired) electrons. The first-order valence-electron chi connectivity index (χ1n) is 5.35.